The molecule has 0 unspecified atom stereocenters. The number of halogens is 1. The van der Waals surface area contributed by atoms with E-state index in [1.165, 1.54) is 0 Å². The molecule has 0 heterocycles. The van der Waals surface area contributed by atoms with Crippen LogP contribution in [0.1, 0.15) is 25.3 Å². The van der Waals surface area contributed by atoms with Crippen LogP contribution in [0.15, 0.2) is 24.3 Å². The number of rotatable bonds is 6. The van der Waals surface area contributed by atoms with Crippen molar-refractivity contribution >= 4 is 0 Å². The van der Waals surface area contributed by atoms with Crippen LogP contribution in [0.25, 0.3) is 0 Å². The Hall–Kier alpha value is -1.09. The summed E-state index contributed by atoms with van der Waals surface area (Å²) in [5.74, 6) is 0.513. The lowest BCUT2D eigenvalue weighted by Crippen LogP contribution is -2.09. The van der Waals surface area contributed by atoms with Crippen molar-refractivity contribution in [2.45, 2.75) is 32.3 Å². The van der Waals surface area contributed by atoms with Gasteiger partial charge < -0.3 is 9.84 Å². The Morgan fingerprint density at radius 3 is 2.93 bits per heavy atom. The first-order chi connectivity index (χ1) is 7.26. The fraction of sp³-hybridized carbons (Fsp3) is 0.500. The van der Waals surface area contributed by atoms with Gasteiger partial charge in [0.15, 0.2) is 0 Å². The van der Waals surface area contributed by atoms with Crippen molar-refractivity contribution in [1.29, 1.82) is 0 Å². The number of hydrogen-bond donors (Lipinski definition) is 1. The normalized spacial score (nSPS) is 12.5. The maximum atomic E-state index is 11.9. The predicted octanol–water partition coefficient (Wildman–Crippen LogP) is 2.70. The summed E-state index contributed by atoms with van der Waals surface area (Å²) in [6, 6.07) is 7.18. The molecule has 1 N–H and O–H groups in total. The van der Waals surface area contributed by atoms with Crippen LogP contribution in [0.3, 0.4) is 0 Å². The fourth-order valence-electron chi connectivity index (χ4n) is 1.53. The zero-order valence-corrected chi connectivity index (χ0v) is 8.95. The molecule has 0 radical (unpaired) electrons. The average molecular weight is 212 g/mol. The van der Waals surface area contributed by atoms with Gasteiger partial charge in [0.2, 0.25) is 6.86 Å². The maximum absolute atomic E-state index is 11.9. The molecule has 1 atom stereocenters. The summed E-state index contributed by atoms with van der Waals surface area (Å²) in [6.07, 6.45) is 2.02. The van der Waals surface area contributed by atoms with E-state index in [0.29, 0.717) is 12.2 Å². The highest BCUT2D eigenvalue weighted by Gasteiger charge is 2.05. The molecule has 0 fully saturated rings. The molecule has 0 aliphatic carbocycles. The first kappa shape index (κ1) is 12.0. The molecular weight excluding hydrogens is 195 g/mol. The Balaban J connectivity index is 2.56. The van der Waals surface area contributed by atoms with Gasteiger partial charge >= 0.3 is 0 Å². The van der Waals surface area contributed by atoms with Crippen molar-refractivity contribution < 1.29 is 14.2 Å². The van der Waals surface area contributed by atoms with Crippen molar-refractivity contribution in [3.05, 3.63) is 29.8 Å². The molecule has 1 aromatic carbocycles. The molecule has 0 saturated carbocycles. The van der Waals surface area contributed by atoms with E-state index >= 15 is 0 Å². The van der Waals surface area contributed by atoms with Gasteiger partial charge in [-0.05, 0) is 30.5 Å². The van der Waals surface area contributed by atoms with Crippen molar-refractivity contribution in [2.24, 2.45) is 0 Å². The Morgan fingerprint density at radius 1 is 1.47 bits per heavy atom. The molecule has 84 valence electrons. The highest BCUT2D eigenvalue weighted by molar-refractivity contribution is 5.28. The van der Waals surface area contributed by atoms with Gasteiger partial charge in [-0.15, -0.1) is 0 Å². The van der Waals surface area contributed by atoms with Crippen LogP contribution in [-0.2, 0) is 6.42 Å². The SMILES string of the molecule is CCC[C@H](O)Cc1cccc(OCF)c1. The minimum Gasteiger partial charge on any atom is -0.463 e. The van der Waals surface area contributed by atoms with E-state index in [2.05, 4.69) is 0 Å². The van der Waals surface area contributed by atoms with Crippen LogP contribution >= 0.6 is 0 Å². The monoisotopic (exact) mass is 212 g/mol. The van der Waals surface area contributed by atoms with Crippen LogP contribution in [0.4, 0.5) is 4.39 Å². The summed E-state index contributed by atoms with van der Waals surface area (Å²) in [7, 11) is 0. The fourth-order valence-corrected chi connectivity index (χ4v) is 1.53. The van der Waals surface area contributed by atoms with Gasteiger partial charge in [-0.25, -0.2) is 4.39 Å². The summed E-state index contributed by atoms with van der Waals surface area (Å²) in [5, 5.41) is 9.61. The largest absolute Gasteiger partial charge is 0.463 e. The van der Waals surface area contributed by atoms with Crippen LogP contribution in [0.5, 0.6) is 5.75 Å². The molecule has 0 bridgehead atoms. The number of ether oxygens (including phenoxy) is 1. The van der Waals surface area contributed by atoms with Gasteiger partial charge in [-0.3, -0.25) is 0 Å². The second-order valence-electron chi connectivity index (χ2n) is 3.55. The molecule has 0 aliphatic rings. The lowest BCUT2D eigenvalue weighted by Gasteiger charge is -2.10. The molecular formula is C12H17FO2. The van der Waals surface area contributed by atoms with E-state index in [4.69, 9.17) is 4.74 Å². The standard InChI is InChI=1S/C12H17FO2/c1-2-4-11(14)7-10-5-3-6-12(8-10)15-9-13/h3,5-6,8,11,14H,2,4,7,9H2,1H3/t11-/m0/s1. The first-order valence-electron chi connectivity index (χ1n) is 5.22. The molecule has 0 saturated heterocycles. The summed E-state index contributed by atoms with van der Waals surface area (Å²) in [6.45, 7) is 1.22. The van der Waals surface area contributed by atoms with Gasteiger partial charge in [0, 0.05) is 0 Å². The number of aliphatic hydroxyl groups is 1. The third kappa shape index (κ3) is 4.30. The lowest BCUT2D eigenvalue weighted by atomic mass is 10.0. The topological polar surface area (TPSA) is 29.5 Å². The van der Waals surface area contributed by atoms with Gasteiger partial charge in [-0.1, -0.05) is 25.5 Å². The molecule has 0 aromatic heterocycles. The minimum atomic E-state index is -0.818. The van der Waals surface area contributed by atoms with Gasteiger partial charge in [0.1, 0.15) is 5.75 Å². The molecule has 0 spiro atoms. The zero-order chi connectivity index (χ0) is 11.1. The molecule has 0 amide bonds. The summed E-state index contributed by atoms with van der Waals surface area (Å²) in [4.78, 5) is 0. The smallest absolute Gasteiger partial charge is 0.228 e. The Morgan fingerprint density at radius 2 is 2.27 bits per heavy atom. The van der Waals surface area contributed by atoms with Crippen LogP contribution in [0, 0.1) is 0 Å². The quantitative estimate of drug-likeness (QED) is 0.785. The maximum Gasteiger partial charge on any atom is 0.228 e. The van der Waals surface area contributed by atoms with Crippen molar-refractivity contribution in [1.82, 2.24) is 0 Å². The molecule has 2 nitrogen and oxygen atoms in total. The summed E-state index contributed by atoms with van der Waals surface area (Å²) < 4.78 is 16.7. The highest BCUT2D eigenvalue weighted by atomic mass is 19.1. The van der Waals surface area contributed by atoms with E-state index < -0.39 is 6.86 Å². The van der Waals surface area contributed by atoms with Crippen LogP contribution < -0.4 is 4.74 Å². The molecule has 3 heteroatoms. The average Bonchev–Trinajstić information content (AvgIpc) is 2.19. The van der Waals surface area contributed by atoms with Crippen LogP contribution in [-0.4, -0.2) is 18.1 Å². The van der Waals surface area contributed by atoms with Gasteiger partial charge in [-0.2, -0.15) is 0 Å². The second kappa shape index (κ2) is 6.40. The minimum absolute atomic E-state index is 0.323. The van der Waals surface area contributed by atoms with E-state index in [-0.39, 0.29) is 6.10 Å². The Bertz CT molecular complexity index is 289. The van der Waals surface area contributed by atoms with Crippen LogP contribution in [0.2, 0.25) is 0 Å². The Labute approximate surface area is 89.7 Å². The summed E-state index contributed by atoms with van der Waals surface area (Å²) >= 11 is 0. The molecule has 1 aromatic rings. The number of aliphatic hydroxyl groups excluding tert-OH is 1. The van der Waals surface area contributed by atoms with E-state index in [1.807, 2.05) is 13.0 Å². The Kier molecular flexibility index (Phi) is 5.12. The third-order valence-corrected chi connectivity index (χ3v) is 2.21. The van der Waals surface area contributed by atoms with E-state index in [9.17, 15) is 9.50 Å². The molecule has 0 aliphatic heterocycles. The first-order valence-corrected chi connectivity index (χ1v) is 5.22. The number of benzene rings is 1. The van der Waals surface area contributed by atoms with Gasteiger partial charge in [0.25, 0.3) is 0 Å². The lowest BCUT2D eigenvalue weighted by molar-refractivity contribution is 0.163. The second-order valence-corrected chi connectivity index (χ2v) is 3.55. The van der Waals surface area contributed by atoms with E-state index in [0.717, 1.165) is 18.4 Å². The van der Waals surface area contributed by atoms with Crippen molar-refractivity contribution in [3.63, 3.8) is 0 Å². The van der Waals surface area contributed by atoms with E-state index in [1.54, 1.807) is 18.2 Å². The zero-order valence-electron chi connectivity index (χ0n) is 8.95. The highest BCUT2D eigenvalue weighted by Crippen LogP contribution is 2.15. The third-order valence-electron chi connectivity index (χ3n) is 2.21. The van der Waals surface area contributed by atoms with Crippen molar-refractivity contribution in [2.75, 3.05) is 6.86 Å². The van der Waals surface area contributed by atoms with Gasteiger partial charge in [0.05, 0.1) is 6.10 Å². The van der Waals surface area contributed by atoms with Crippen molar-refractivity contribution in [3.8, 4) is 5.75 Å². The number of alkyl halides is 1. The summed E-state index contributed by atoms with van der Waals surface area (Å²) in [5.41, 5.74) is 0.974. The molecule has 15 heavy (non-hydrogen) atoms. The predicted molar refractivity (Wildman–Crippen MR) is 57.7 cm³/mol. The number of hydrogen-bond acceptors (Lipinski definition) is 2. The molecule has 1 rings (SSSR count).